The van der Waals surface area contributed by atoms with E-state index in [1.165, 1.54) is 0 Å². The van der Waals surface area contributed by atoms with E-state index in [-0.39, 0.29) is 0 Å². The average molecular weight is 231 g/mol. The van der Waals surface area contributed by atoms with Gasteiger partial charge < -0.3 is 4.74 Å². The molecule has 1 rings (SSSR count). The molecule has 0 bridgehead atoms. The second-order valence-electron chi connectivity index (χ2n) is 2.77. The normalized spacial score (nSPS) is 10.8. The SMILES string of the molecule is COc1ccc(/C=C/CCCl)cc1Cl. The van der Waals surface area contributed by atoms with Gasteiger partial charge in [0.05, 0.1) is 12.1 Å². The Morgan fingerprint density at radius 1 is 1.43 bits per heavy atom. The van der Waals surface area contributed by atoms with Gasteiger partial charge in [0, 0.05) is 5.88 Å². The van der Waals surface area contributed by atoms with Gasteiger partial charge in [-0.15, -0.1) is 11.6 Å². The van der Waals surface area contributed by atoms with Crippen LogP contribution in [-0.4, -0.2) is 13.0 Å². The second kappa shape index (κ2) is 5.94. The van der Waals surface area contributed by atoms with Crippen LogP contribution >= 0.6 is 23.2 Å². The van der Waals surface area contributed by atoms with Crippen LogP contribution in [0.4, 0.5) is 0 Å². The van der Waals surface area contributed by atoms with Gasteiger partial charge in [0.15, 0.2) is 0 Å². The first-order valence-corrected chi connectivity index (χ1v) is 5.25. The summed E-state index contributed by atoms with van der Waals surface area (Å²) in [5.74, 6) is 1.33. The summed E-state index contributed by atoms with van der Waals surface area (Å²) >= 11 is 11.5. The monoisotopic (exact) mass is 230 g/mol. The number of rotatable bonds is 4. The molecule has 0 N–H and O–H groups in total. The smallest absolute Gasteiger partial charge is 0.137 e. The predicted molar refractivity (Wildman–Crippen MR) is 62.4 cm³/mol. The first kappa shape index (κ1) is 11.4. The van der Waals surface area contributed by atoms with Crippen molar-refractivity contribution in [1.29, 1.82) is 0 Å². The first-order chi connectivity index (χ1) is 6.77. The van der Waals surface area contributed by atoms with Gasteiger partial charge in [0.1, 0.15) is 5.75 Å². The van der Waals surface area contributed by atoms with Crippen LogP contribution in [0.25, 0.3) is 6.08 Å². The van der Waals surface area contributed by atoms with E-state index in [1.54, 1.807) is 7.11 Å². The Kier molecular flexibility index (Phi) is 4.85. The molecule has 0 spiro atoms. The van der Waals surface area contributed by atoms with Crippen LogP contribution in [0.3, 0.4) is 0 Å². The van der Waals surface area contributed by atoms with Gasteiger partial charge in [-0.25, -0.2) is 0 Å². The molecule has 1 aromatic carbocycles. The maximum Gasteiger partial charge on any atom is 0.137 e. The van der Waals surface area contributed by atoms with E-state index >= 15 is 0 Å². The van der Waals surface area contributed by atoms with Crippen molar-refractivity contribution in [1.82, 2.24) is 0 Å². The molecule has 1 nitrogen and oxygen atoms in total. The molecule has 0 saturated carbocycles. The van der Waals surface area contributed by atoms with Crippen LogP contribution < -0.4 is 4.74 Å². The molecule has 0 radical (unpaired) electrons. The van der Waals surface area contributed by atoms with Crippen molar-refractivity contribution < 1.29 is 4.74 Å². The third-order valence-electron chi connectivity index (χ3n) is 1.76. The molecule has 76 valence electrons. The zero-order valence-electron chi connectivity index (χ0n) is 7.97. The summed E-state index contributed by atoms with van der Waals surface area (Å²) in [6, 6.07) is 5.67. The van der Waals surface area contributed by atoms with Gasteiger partial charge >= 0.3 is 0 Å². The molecule has 1 aromatic rings. The minimum absolute atomic E-state index is 0.625. The lowest BCUT2D eigenvalue weighted by Crippen LogP contribution is -1.84. The Morgan fingerprint density at radius 3 is 2.79 bits per heavy atom. The van der Waals surface area contributed by atoms with Crippen molar-refractivity contribution in [2.45, 2.75) is 6.42 Å². The number of allylic oxidation sites excluding steroid dienone is 1. The van der Waals surface area contributed by atoms with Gasteiger partial charge in [-0.3, -0.25) is 0 Å². The summed E-state index contributed by atoms with van der Waals surface area (Å²) in [4.78, 5) is 0. The van der Waals surface area contributed by atoms with Crippen molar-refractivity contribution >= 4 is 29.3 Å². The summed E-state index contributed by atoms with van der Waals surface area (Å²) < 4.78 is 5.05. The number of ether oxygens (including phenoxy) is 1. The van der Waals surface area contributed by atoms with Crippen molar-refractivity contribution in [2.24, 2.45) is 0 Å². The van der Waals surface area contributed by atoms with Gasteiger partial charge in [-0.1, -0.05) is 29.8 Å². The van der Waals surface area contributed by atoms with Crippen LogP contribution in [0.5, 0.6) is 5.75 Å². The molecule has 0 unspecified atom stereocenters. The number of alkyl halides is 1. The molecule has 0 aliphatic carbocycles. The molecule has 0 fully saturated rings. The van der Waals surface area contributed by atoms with Gasteiger partial charge in [0.25, 0.3) is 0 Å². The van der Waals surface area contributed by atoms with E-state index < -0.39 is 0 Å². The minimum atomic E-state index is 0.625. The fraction of sp³-hybridized carbons (Fsp3) is 0.273. The lowest BCUT2D eigenvalue weighted by Gasteiger charge is -2.02. The highest BCUT2D eigenvalue weighted by atomic mass is 35.5. The molecule has 0 heterocycles. The third-order valence-corrected chi connectivity index (χ3v) is 2.28. The van der Waals surface area contributed by atoms with Crippen molar-refractivity contribution in [3.63, 3.8) is 0 Å². The molecule has 0 saturated heterocycles. The Morgan fingerprint density at radius 2 is 2.21 bits per heavy atom. The summed E-state index contributed by atoms with van der Waals surface area (Å²) in [5, 5.41) is 0.625. The Balaban J connectivity index is 2.76. The highest BCUT2D eigenvalue weighted by Gasteiger charge is 1.98. The maximum atomic E-state index is 5.96. The molecule has 0 atom stereocenters. The van der Waals surface area contributed by atoms with Crippen molar-refractivity contribution in [2.75, 3.05) is 13.0 Å². The summed E-state index contributed by atoms with van der Waals surface area (Å²) in [7, 11) is 1.60. The van der Waals surface area contributed by atoms with E-state index in [0.29, 0.717) is 16.7 Å². The van der Waals surface area contributed by atoms with Gasteiger partial charge in [-0.05, 0) is 24.1 Å². The van der Waals surface area contributed by atoms with Crippen molar-refractivity contribution in [3.05, 3.63) is 34.9 Å². The highest BCUT2D eigenvalue weighted by Crippen LogP contribution is 2.25. The fourth-order valence-corrected chi connectivity index (χ4v) is 1.46. The molecule has 3 heteroatoms. The van der Waals surface area contributed by atoms with E-state index in [1.807, 2.05) is 30.4 Å². The van der Waals surface area contributed by atoms with E-state index in [2.05, 4.69) is 0 Å². The molecule has 0 aromatic heterocycles. The van der Waals surface area contributed by atoms with Crippen LogP contribution in [0.15, 0.2) is 24.3 Å². The van der Waals surface area contributed by atoms with Crippen LogP contribution in [0.1, 0.15) is 12.0 Å². The topological polar surface area (TPSA) is 9.23 Å². The van der Waals surface area contributed by atoms with Gasteiger partial charge in [0.2, 0.25) is 0 Å². The van der Waals surface area contributed by atoms with E-state index in [4.69, 9.17) is 27.9 Å². The third kappa shape index (κ3) is 3.24. The molecule has 0 aliphatic heterocycles. The Hall–Kier alpha value is -0.660. The Labute approximate surface area is 94.3 Å². The number of hydrogen-bond donors (Lipinski definition) is 0. The summed E-state index contributed by atoms with van der Waals surface area (Å²) in [5.41, 5.74) is 1.06. The molecule has 0 aliphatic rings. The Bertz CT molecular complexity index is 321. The molecule has 14 heavy (non-hydrogen) atoms. The zero-order chi connectivity index (χ0) is 10.4. The van der Waals surface area contributed by atoms with Crippen LogP contribution in [-0.2, 0) is 0 Å². The first-order valence-electron chi connectivity index (χ1n) is 4.34. The number of benzene rings is 1. The van der Waals surface area contributed by atoms with Gasteiger partial charge in [-0.2, -0.15) is 0 Å². The fourth-order valence-electron chi connectivity index (χ4n) is 1.07. The highest BCUT2D eigenvalue weighted by molar-refractivity contribution is 6.32. The summed E-state index contributed by atoms with van der Waals surface area (Å²) in [6.45, 7) is 0. The largest absolute Gasteiger partial charge is 0.495 e. The number of halogens is 2. The lowest BCUT2D eigenvalue weighted by atomic mass is 10.2. The second-order valence-corrected chi connectivity index (χ2v) is 3.56. The molecular formula is C11H12Cl2O. The molecular weight excluding hydrogens is 219 g/mol. The van der Waals surface area contributed by atoms with Crippen LogP contribution in [0, 0.1) is 0 Å². The number of hydrogen-bond acceptors (Lipinski definition) is 1. The summed E-state index contributed by atoms with van der Waals surface area (Å²) in [6.07, 6.45) is 4.88. The van der Waals surface area contributed by atoms with E-state index in [9.17, 15) is 0 Å². The van der Waals surface area contributed by atoms with E-state index in [0.717, 1.165) is 12.0 Å². The lowest BCUT2D eigenvalue weighted by molar-refractivity contribution is 0.415. The molecule has 0 amide bonds. The maximum absolute atomic E-state index is 5.96. The minimum Gasteiger partial charge on any atom is -0.495 e. The standard InChI is InChI=1S/C11H12Cl2O/c1-14-11-6-5-9(8-10(11)13)4-2-3-7-12/h2,4-6,8H,3,7H2,1H3/b4-2+. The average Bonchev–Trinajstić information content (AvgIpc) is 2.18. The number of methoxy groups -OCH3 is 1. The quantitative estimate of drug-likeness (QED) is 0.712. The van der Waals surface area contributed by atoms with Crippen LogP contribution in [0.2, 0.25) is 5.02 Å². The van der Waals surface area contributed by atoms with Crippen molar-refractivity contribution in [3.8, 4) is 5.75 Å². The predicted octanol–water partition coefficient (Wildman–Crippen LogP) is 3.99. The zero-order valence-corrected chi connectivity index (χ0v) is 9.48.